The van der Waals surface area contributed by atoms with Gasteiger partial charge in [0.15, 0.2) is 0 Å². The predicted octanol–water partition coefficient (Wildman–Crippen LogP) is 3.41. The van der Waals surface area contributed by atoms with E-state index in [1.54, 1.807) is 0 Å². The maximum absolute atomic E-state index is 10.7. The van der Waals surface area contributed by atoms with Gasteiger partial charge in [-0.3, -0.25) is 4.79 Å². The van der Waals surface area contributed by atoms with Gasteiger partial charge in [0.25, 0.3) is 0 Å². The van der Waals surface area contributed by atoms with Gasteiger partial charge in [-0.05, 0) is 25.8 Å². The van der Waals surface area contributed by atoms with Crippen molar-refractivity contribution in [3.05, 3.63) is 22.8 Å². The molecule has 1 saturated heterocycles. The Morgan fingerprint density at radius 3 is 2.38 bits per heavy atom. The van der Waals surface area contributed by atoms with Crippen LogP contribution in [0.1, 0.15) is 48.3 Å². The molecule has 0 aromatic carbocycles. The van der Waals surface area contributed by atoms with Gasteiger partial charge in [0, 0.05) is 34.1 Å². The van der Waals surface area contributed by atoms with E-state index in [1.165, 1.54) is 0 Å². The van der Waals surface area contributed by atoms with Crippen molar-refractivity contribution >= 4 is 29.5 Å². The second-order valence-electron chi connectivity index (χ2n) is 5.49. The zero-order chi connectivity index (χ0) is 15.6. The van der Waals surface area contributed by atoms with Gasteiger partial charge in [-0.1, -0.05) is 13.8 Å². The average molecular weight is 326 g/mol. The molecule has 1 fully saturated rings. The normalized spacial score (nSPS) is 25.8. The van der Waals surface area contributed by atoms with Crippen molar-refractivity contribution in [1.82, 2.24) is 9.97 Å². The molecule has 4 nitrogen and oxygen atoms in total. The molecule has 0 spiro atoms. The quantitative estimate of drug-likeness (QED) is 0.915. The van der Waals surface area contributed by atoms with Crippen LogP contribution in [0.4, 0.5) is 0 Å². The number of aromatic nitrogens is 2. The van der Waals surface area contributed by atoms with Crippen LogP contribution in [0, 0.1) is 13.8 Å². The summed E-state index contributed by atoms with van der Waals surface area (Å²) >= 11 is 3.93. The van der Waals surface area contributed by atoms with Crippen molar-refractivity contribution < 1.29 is 9.90 Å². The van der Waals surface area contributed by atoms with E-state index in [-0.39, 0.29) is 6.42 Å². The second kappa shape index (κ2) is 7.01. The van der Waals surface area contributed by atoms with Crippen LogP contribution in [0.15, 0.2) is 0 Å². The van der Waals surface area contributed by atoms with Gasteiger partial charge in [-0.15, -0.1) is 11.8 Å². The summed E-state index contributed by atoms with van der Waals surface area (Å²) in [6, 6.07) is 0. The van der Waals surface area contributed by atoms with Crippen LogP contribution >= 0.6 is 23.5 Å². The molecule has 2 heterocycles. The first-order valence-electron chi connectivity index (χ1n) is 7.21. The van der Waals surface area contributed by atoms with E-state index >= 15 is 0 Å². The number of rotatable bonds is 4. The van der Waals surface area contributed by atoms with Crippen LogP contribution in [-0.4, -0.2) is 37.3 Å². The number of hydrogen-bond donors (Lipinski definition) is 1. The van der Waals surface area contributed by atoms with Crippen LogP contribution in [0.2, 0.25) is 0 Å². The summed E-state index contributed by atoms with van der Waals surface area (Å²) in [5.41, 5.74) is 2.84. The Hall–Kier alpha value is -0.750. The number of thioether (sulfide) groups is 2. The fourth-order valence-electron chi connectivity index (χ4n) is 2.42. The summed E-state index contributed by atoms with van der Waals surface area (Å²) in [7, 11) is 0. The lowest BCUT2D eigenvalue weighted by molar-refractivity contribution is -0.136. The lowest BCUT2D eigenvalue weighted by Gasteiger charge is -2.30. The van der Waals surface area contributed by atoms with E-state index < -0.39 is 5.97 Å². The molecule has 6 heteroatoms. The third-order valence-corrected chi connectivity index (χ3v) is 7.25. The maximum atomic E-state index is 10.7. The van der Waals surface area contributed by atoms with E-state index in [4.69, 9.17) is 5.11 Å². The van der Waals surface area contributed by atoms with E-state index in [1.807, 2.05) is 37.4 Å². The molecule has 2 rings (SSSR count). The lowest BCUT2D eigenvalue weighted by atomic mass is 10.1. The smallest absolute Gasteiger partial charge is 0.303 e. The van der Waals surface area contributed by atoms with Gasteiger partial charge < -0.3 is 5.11 Å². The van der Waals surface area contributed by atoms with Crippen LogP contribution in [-0.2, 0) is 11.2 Å². The fourth-order valence-corrected chi connectivity index (χ4v) is 5.27. The summed E-state index contributed by atoms with van der Waals surface area (Å²) in [6.07, 6.45) is 0.639. The van der Waals surface area contributed by atoms with Crippen molar-refractivity contribution in [1.29, 1.82) is 0 Å². The molecule has 1 N–H and O–H groups in total. The lowest BCUT2D eigenvalue weighted by Crippen LogP contribution is -2.23. The average Bonchev–Trinajstić information content (AvgIpc) is 2.40. The van der Waals surface area contributed by atoms with Crippen LogP contribution in [0.25, 0.3) is 0 Å². The molecule has 0 amide bonds. The number of hydrogen-bond acceptors (Lipinski definition) is 5. The molecular weight excluding hydrogens is 304 g/mol. The summed E-state index contributed by atoms with van der Waals surface area (Å²) < 4.78 is 0. The Morgan fingerprint density at radius 1 is 1.24 bits per heavy atom. The number of carboxylic acids is 1. The zero-order valence-electron chi connectivity index (χ0n) is 12.9. The zero-order valence-corrected chi connectivity index (χ0v) is 14.6. The molecule has 1 aromatic heterocycles. The molecule has 21 heavy (non-hydrogen) atoms. The maximum Gasteiger partial charge on any atom is 0.303 e. The summed E-state index contributed by atoms with van der Waals surface area (Å²) in [4.78, 5) is 20.0. The molecule has 0 radical (unpaired) electrons. The monoisotopic (exact) mass is 326 g/mol. The molecule has 0 aliphatic carbocycles. The molecule has 3 unspecified atom stereocenters. The minimum absolute atomic E-state index is 0.132. The van der Waals surface area contributed by atoms with Gasteiger partial charge in [0.1, 0.15) is 5.82 Å². The Balaban J connectivity index is 2.17. The topological polar surface area (TPSA) is 63.1 Å². The summed E-state index contributed by atoms with van der Waals surface area (Å²) in [6.45, 7) is 8.45. The molecule has 1 aromatic rings. The van der Waals surface area contributed by atoms with Crippen molar-refractivity contribution in [2.75, 3.05) is 5.75 Å². The van der Waals surface area contributed by atoms with E-state index in [9.17, 15) is 4.79 Å². The number of carbonyl (C=O) groups is 1. The van der Waals surface area contributed by atoms with Crippen molar-refractivity contribution in [3.63, 3.8) is 0 Å². The first-order chi connectivity index (χ1) is 9.88. The second-order valence-corrected chi connectivity index (χ2v) is 8.49. The summed E-state index contributed by atoms with van der Waals surface area (Å²) in [5.74, 6) is 1.17. The van der Waals surface area contributed by atoms with Gasteiger partial charge >= 0.3 is 5.97 Å². The highest BCUT2D eigenvalue weighted by atomic mass is 32.2. The van der Waals surface area contributed by atoms with Crippen LogP contribution in [0.3, 0.4) is 0 Å². The van der Waals surface area contributed by atoms with Gasteiger partial charge in [0.2, 0.25) is 0 Å². The van der Waals surface area contributed by atoms with Crippen molar-refractivity contribution in [3.8, 4) is 0 Å². The highest BCUT2D eigenvalue weighted by molar-refractivity contribution is 8.07. The van der Waals surface area contributed by atoms with E-state index in [0.717, 1.165) is 28.5 Å². The molecule has 1 aliphatic rings. The predicted molar refractivity (Wildman–Crippen MR) is 89.2 cm³/mol. The fraction of sp³-hybridized carbons (Fsp3) is 0.667. The molecule has 0 bridgehead atoms. The van der Waals surface area contributed by atoms with Crippen LogP contribution < -0.4 is 0 Å². The van der Waals surface area contributed by atoms with E-state index in [0.29, 0.717) is 22.2 Å². The number of aliphatic carboxylic acids is 1. The Morgan fingerprint density at radius 2 is 1.86 bits per heavy atom. The Kier molecular flexibility index (Phi) is 5.54. The number of nitrogens with zero attached hydrogens (tertiary/aromatic N) is 2. The SMILES string of the molecule is Cc1nc(C2CSC(C)C(C)S2)nc(C)c1CCC(=O)O. The number of aryl methyl sites for hydroxylation is 2. The van der Waals surface area contributed by atoms with Crippen LogP contribution in [0.5, 0.6) is 0 Å². The molecule has 0 saturated carbocycles. The first kappa shape index (κ1) is 16.6. The van der Waals surface area contributed by atoms with Gasteiger partial charge in [-0.25, -0.2) is 9.97 Å². The van der Waals surface area contributed by atoms with E-state index in [2.05, 4.69) is 23.8 Å². The van der Waals surface area contributed by atoms with Crippen molar-refractivity contribution in [2.24, 2.45) is 0 Å². The minimum atomic E-state index is -0.778. The van der Waals surface area contributed by atoms with Gasteiger partial charge in [-0.2, -0.15) is 11.8 Å². The standard InChI is InChI=1S/C15H22N2O2S2/c1-8-12(5-6-14(18)19)9(2)17-15(16-8)13-7-20-10(3)11(4)21-13/h10-11,13H,5-7H2,1-4H3,(H,18,19). The highest BCUT2D eigenvalue weighted by Gasteiger charge is 2.29. The Bertz CT molecular complexity index is 513. The van der Waals surface area contributed by atoms with Gasteiger partial charge in [0.05, 0.1) is 5.25 Å². The molecule has 3 atom stereocenters. The molecular formula is C15H22N2O2S2. The molecule has 116 valence electrons. The first-order valence-corrected chi connectivity index (χ1v) is 9.20. The Labute approximate surface area is 134 Å². The summed E-state index contributed by atoms with van der Waals surface area (Å²) in [5, 5.41) is 10.4. The number of carboxylic acid groups (broad SMARTS) is 1. The largest absolute Gasteiger partial charge is 0.481 e. The highest BCUT2D eigenvalue weighted by Crippen LogP contribution is 2.43. The molecule has 1 aliphatic heterocycles. The minimum Gasteiger partial charge on any atom is -0.481 e. The van der Waals surface area contributed by atoms with Crippen molar-refractivity contribution in [2.45, 2.75) is 56.3 Å². The third kappa shape index (κ3) is 4.13. The third-order valence-electron chi connectivity index (χ3n) is 3.87.